The third-order valence-electron chi connectivity index (χ3n) is 3.50. The molecule has 3 aromatic heterocycles. The Morgan fingerprint density at radius 3 is 2.96 bits per heavy atom. The lowest BCUT2D eigenvalue weighted by atomic mass is 10.2. The first kappa shape index (κ1) is 15.1. The summed E-state index contributed by atoms with van der Waals surface area (Å²) in [4.78, 5) is 27.4. The summed E-state index contributed by atoms with van der Waals surface area (Å²) in [5.74, 6) is 0.219. The maximum absolute atomic E-state index is 11.6. The Bertz CT molecular complexity index is 1070. The lowest BCUT2D eigenvalue weighted by molar-refractivity contribution is -0.384. The topological polar surface area (TPSA) is 112 Å². The van der Waals surface area contributed by atoms with Gasteiger partial charge in [0.2, 0.25) is 11.6 Å². The van der Waals surface area contributed by atoms with Crippen LogP contribution < -0.4 is 5.32 Å². The third kappa shape index (κ3) is 2.78. The molecule has 0 fully saturated rings. The standard InChI is InChI=1S/C15H11N7O2S/c1-9-2-3-10-11(6-9)25-15(19-10)20-13-12(22(23)24)14(18-7-17-13)21-5-4-16-8-21/h2-8H,1H3,(H,17,18,19,20). The number of aromatic nitrogens is 5. The normalized spacial score (nSPS) is 10.9. The number of benzene rings is 1. The van der Waals surface area contributed by atoms with E-state index in [-0.39, 0.29) is 17.3 Å². The van der Waals surface area contributed by atoms with Gasteiger partial charge < -0.3 is 5.32 Å². The Hall–Kier alpha value is -3.40. The van der Waals surface area contributed by atoms with Crippen molar-refractivity contribution in [1.82, 2.24) is 24.5 Å². The van der Waals surface area contributed by atoms with E-state index in [9.17, 15) is 10.1 Å². The lowest BCUT2D eigenvalue weighted by Gasteiger charge is -2.06. The maximum atomic E-state index is 11.6. The van der Waals surface area contributed by atoms with Gasteiger partial charge in [-0.25, -0.2) is 19.9 Å². The minimum absolute atomic E-state index is 0.0829. The van der Waals surface area contributed by atoms with Gasteiger partial charge in [0.25, 0.3) is 0 Å². The smallest absolute Gasteiger partial charge is 0.310 e. The number of nitrogens with one attached hydrogen (secondary N) is 1. The summed E-state index contributed by atoms with van der Waals surface area (Å²) in [6.45, 7) is 2.00. The molecule has 0 saturated heterocycles. The molecule has 25 heavy (non-hydrogen) atoms. The van der Waals surface area contributed by atoms with Crippen LogP contribution in [0.1, 0.15) is 5.56 Å². The van der Waals surface area contributed by atoms with Gasteiger partial charge in [0.15, 0.2) is 5.13 Å². The van der Waals surface area contributed by atoms with E-state index in [2.05, 4.69) is 25.3 Å². The Morgan fingerprint density at radius 2 is 2.20 bits per heavy atom. The summed E-state index contributed by atoms with van der Waals surface area (Å²) in [7, 11) is 0. The van der Waals surface area contributed by atoms with Crippen molar-refractivity contribution in [3.05, 3.63) is 58.9 Å². The predicted molar refractivity (Wildman–Crippen MR) is 93.4 cm³/mol. The van der Waals surface area contributed by atoms with Gasteiger partial charge >= 0.3 is 5.69 Å². The first-order valence-electron chi connectivity index (χ1n) is 7.24. The van der Waals surface area contributed by atoms with E-state index in [4.69, 9.17) is 0 Å². The molecular weight excluding hydrogens is 342 g/mol. The van der Waals surface area contributed by atoms with Crippen LogP contribution >= 0.6 is 11.3 Å². The third-order valence-corrected chi connectivity index (χ3v) is 4.44. The number of nitrogens with zero attached hydrogens (tertiary/aromatic N) is 6. The summed E-state index contributed by atoms with van der Waals surface area (Å²) >= 11 is 1.41. The molecular formula is C15H11N7O2S. The number of rotatable bonds is 4. The number of hydrogen-bond acceptors (Lipinski definition) is 8. The molecule has 9 nitrogen and oxygen atoms in total. The number of thiazole rings is 1. The summed E-state index contributed by atoms with van der Waals surface area (Å²) in [5, 5.41) is 15.1. The summed E-state index contributed by atoms with van der Waals surface area (Å²) in [5.41, 5.74) is 1.71. The number of hydrogen-bond donors (Lipinski definition) is 1. The minimum atomic E-state index is -0.519. The van der Waals surface area contributed by atoms with Gasteiger partial charge in [-0.15, -0.1) is 0 Å². The second-order valence-corrected chi connectivity index (χ2v) is 6.27. The second-order valence-electron chi connectivity index (χ2n) is 5.24. The van der Waals surface area contributed by atoms with E-state index in [0.29, 0.717) is 5.13 Å². The Morgan fingerprint density at radius 1 is 1.32 bits per heavy atom. The first-order valence-corrected chi connectivity index (χ1v) is 8.05. The summed E-state index contributed by atoms with van der Waals surface area (Å²) in [6, 6.07) is 5.90. The first-order chi connectivity index (χ1) is 12.1. The SMILES string of the molecule is Cc1ccc2nc(Nc3ncnc(-n4ccnc4)c3[N+](=O)[O-])sc2c1. The Labute approximate surface area is 145 Å². The highest BCUT2D eigenvalue weighted by Gasteiger charge is 2.25. The molecule has 0 amide bonds. The van der Waals surface area contributed by atoms with Crippen LogP contribution in [-0.2, 0) is 0 Å². The lowest BCUT2D eigenvalue weighted by Crippen LogP contribution is -2.06. The van der Waals surface area contributed by atoms with Crippen LogP contribution in [0.2, 0.25) is 0 Å². The quantitative estimate of drug-likeness (QED) is 0.443. The fraction of sp³-hybridized carbons (Fsp3) is 0.0667. The van der Waals surface area contributed by atoms with Crippen molar-refractivity contribution in [2.75, 3.05) is 5.32 Å². The second kappa shape index (κ2) is 5.91. The van der Waals surface area contributed by atoms with Crippen LogP contribution in [0.4, 0.5) is 16.6 Å². The molecule has 0 aliphatic rings. The van der Waals surface area contributed by atoms with Crippen molar-refractivity contribution in [2.24, 2.45) is 0 Å². The molecule has 0 bridgehead atoms. The van der Waals surface area contributed by atoms with E-state index >= 15 is 0 Å². The van der Waals surface area contributed by atoms with Crippen molar-refractivity contribution in [2.45, 2.75) is 6.92 Å². The van der Waals surface area contributed by atoms with Gasteiger partial charge in [-0.2, -0.15) is 0 Å². The average Bonchev–Trinajstić information content (AvgIpc) is 3.23. The molecule has 0 unspecified atom stereocenters. The zero-order valence-electron chi connectivity index (χ0n) is 12.9. The van der Waals surface area contributed by atoms with Gasteiger partial charge in [-0.1, -0.05) is 17.4 Å². The highest BCUT2D eigenvalue weighted by atomic mass is 32.1. The zero-order valence-corrected chi connectivity index (χ0v) is 13.8. The number of fused-ring (bicyclic) bond motifs is 1. The van der Waals surface area contributed by atoms with Crippen LogP contribution in [0.15, 0.2) is 43.2 Å². The number of nitro groups is 1. The predicted octanol–water partition coefficient (Wildman–Crippen LogP) is 3.23. The van der Waals surface area contributed by atoms with Gasteiger partial charge in [0.1, 0.15) is 12.7 Å². The molecule has 3 heterocycles. The molecule has 4 rings (SSSR count). The molecule has 0 aliphatic carbocycles. The fourth-order valence-electron chi connectivity index (χ4n) is 2.39. The minimum Gasteiger partial charge on any atom is -0.310 e. The van der Waals surface area contributed by atoms with E-state index in [1.165, 1.54) is 34.8 Å². The van der Waals surface area contributed by atoms with Crippen molar-refractivity contribution in [3.8, 4) is 5.82 Å². The Balaban J connectivity index is 1.79. The highest BCUT2D eigenvalue weighted by Crippen LogP contribution is 2.33. The van der Waals surface area contributed by atoms with Crippen LogP contribution in [0.25, 0.3) is 16.0 Å². The monoisotopic (exact) mass is 353 g/mol. The largest absolute Gasteiger partial charge is 0.354 e. The van der Waals surface area contributed by atoms with E-state index < -0.39 is 4.92 Å². The van der Waals surface area contributed by atoms with Gasteiger partial charge in [-0.05, 0) is 24.6 Å². The molecule has 0 spiro atoms. The number of aryl methyl sites for hydroxylation is 1. The molecule has 1 N–H and O–H groups in total. The Kier molecular flexibility index (Phi) is 3.58. The molecule has 124 valence electrons. The maximum Gasteiger partial charge on any atom is 0.354 e. The number of imidazole rings is 1. The molecule has 0 aliphatic heterocycles. The summed E-state index contributed by atoms with van der Waals surface area (Å²) in [6.07, 6.45) is 5.82. The van der Waals surface area contributed by atoms with Crippen LogP contribution in [0.3, 0.4) is 0 Å². The van der Waals surface area contributed by atoms with Gasteiger partial charge in [0, 0.05) is 12.4 Å². The van der Waals surface area contributed by atoms with Gasteiger partial charge in [0.05, 0.1) is 15.1 Å². The number of anilines is 2. The van der Waals surface area contributed by atoms with E-state index in [1.807, 2.05) is 25.1 Å². The molecule has 1 aromatic carbocycles. The summed E-state index contributed by atoms with van der Waals surface area (Å²) < 4.78 is 2.46. The van der Waals surface area contributed by atoms with E-state index in [0.717, 1.165) is 15.8 Å². The highest BCUT2D eigenvalue weighted by molar-refractivity contribution is 7.22. The van der Waals surface area contributed by atoms with Crippen molar-refractivity contribution >= 4 is 38.2 Å². The van der Waals surface area contributed by atoms with Gasteiger partial charge in [-0.3, -0.25) is 14.7 Å². The fourth-order valence-corrected chi connectivity index (χ4v) is 3.35. The van der Waals surface area contributed by atoms with Crippen molar-refractivity contribution in [3.63, 3.8) is 0 Å². The van der Waals surface area contributed by atoms with Crippen molar-refractivity contribution in [1.29, 1.82) is 0 Å². The molecule has 0 saturated carbocycles. The molecule has 0 radical (unpaired) electrons. The van der Waals surface area contributed by atoms with Crippen LogP contribution in [0.5, 0.6) is 0 Å². The molecule has 10 heteroatoms. The average molecular weight is 353 g/mol. The molecule has 4 aromatic rings. The van der Waals surface area contributed by atoms with Crippen LogP contribution in [0, 0.1) is 17.0 Å². The zero-order chi connectivity index (χ0) is 17.4. The molecule has 0 atom stereocenters. The van der Waals surface area contributed by atoms with Crippen molar-refractivity contribution < 1.29 is 4.92 Å². The van der Waals surface area contributed by atoms with Crippen LogP contribution in [-0.4, -0.2) is 29.4 Å². The van der Waals surface area contributed by atoms with E-state index in [1.54, 1.807) is 6.20 Å².